The average molecular weight is 329 g/mol. The van der Waals surface area contributed by atoms with Crippen LogP contribution in [0.3, 0.4) is 0 Å². The first-order valence-electron chi connectivity index (χ1n) is 7.82. The lowest BCUT2D eigenvalue weighted by Gasteiger charge is -2.31. The fraction of sp³-hybridized carbons (Fsp3) is 0.278. The summed E-state index contributed by atoms with van der Waals surface area (Å²) in [6.07, 6.45) is 7.64. The van der Waals surface area contributed by atoms with E-state index in [1.807, 2.05) is 6.07 Å². The highest BCUT2D eigenvalue weighted by molar-refractivity contribution is 5.91. The van der Waals surface area contributed by atoms with Gasteiger partial charge in [-0.1, -0.05) is 12.1 Å². The number of piperidine rings is 1. The Morgan fingerprint density at radius 2 is 2.17 bits per heavy atom. The van der Waals surface area contributed by atoms with Gasteiger partial charge in [0.15, 0.2) is 11.6 Å². The van der Waals surface area contributed by atoms with Crippen molar-refractivity contribution in [1.82, 2.24) is 14.9 Å². The zero-order valence-corrected chi connectivity index (χ0v) is 13.0. The molecule has 0 spiro atoms. The zero-order chi connectivity index (χ0) is 16.9. The smallest absolute Gasteiger partial charge is 0.246 e. The van der Waals surface area contributed by atoms with Crippen LogP contribution >= 0.6 is 0 Å². The van der Waals surface area contributed by atoms with Crippen LogP contribution in [0, 0.1) is 11.6 Å². The van der Waals surface area contributed by atoms with E-state index in [1.165, 1.54) is 30.6 Å². The number of likely N-dealkylation sites (tertiary alicyclic amines) is 1. The number of aromatic nitrogens is 2. The van der Waals surface area contributed by atoms with Gasteiger partial charge in [-0.2, -0.15) is 0 Å². The Bertz CT molecular complexity index is 749. The summed E-state index contributed by atoms with van der Waals surface area (Å²) in [6, 6.07) is 5.75. The Morgan fingerprint density at radius 1 is 1.29 bits per heavy atom. The molecular formula is C18H17F2N3O. The predicted octanol–water partition coefficient (Wildman–Crippen LogP) is 3.17. The molecule has 1 aromatic heterocycles. The molecule has 1 unspecified atom stereocenters. The maximum atomic E-state index is 13.6. The number of nitrogens with zero attached hydrogens (tertiary/aromatic N) is 3. The molecule has 1 amide bonds. The molecule has 0 N–H and O–H groups in total. The van der Waals surface area contributed by atoms with Gasteiger partial charge >= 0.3 is 0 Å². The van der Waals surface area contributed by atoms with Crippen LogP contribution < -0.4 is 0 Å². The molecule has 6 heteroatoms. The Morgan fingerprint density at radius 3 is 2.96 bits per heavy atom. The maximum absolute atomic E-state index is 13.6. The third-order valence-corrected chi connectivity index (χ3v) is 4.14. The average Bonchev–Trinajstić information content (AvgIpc) is 2.63. The molecule has 2 heterocycles. The first-order valence-corrected chi connectivity index (χ1v) is 7.82. The van der Waals surface area contributed by atoms with Crippen LogP contribution in [0.15, 0.2) is 42.9 Å². The van der Waals surface area contributed by atoms with Crippen molar-refractivity contribution in [2.75, 3.05) is 13.1 Å². The number of carbonyl (C=O) groups is 1. The summed E-state index contributed by atoms with van der Waals surface area (Å²) in [6.45, 7) is 1.21. The van der Waals surface area contributed by atoms with Gasteiger partial charge in [0.25, 0.3) is 0 Å². The van der Waals surface area contributed by atoms with E-state index in [2.05, 4.69) is 9.97 Å². The van der Waals surface area contributed by atoms with Crippen molar-refractivity contribution in [3.63, 3.8) is 0 Å². The summed E-state index contributed by atoms with van der Waals surface area (Å²) >= 11 is 0. The fourth-order valence-corrected chi connectivity index (χ4v) is 2.88. The second kappa shape index (κ2) is 7.29. The summed E-state index contributed by atoms with van der Waals surface area (Å²) in [4.78, 5) is 22.2. The van der Waals surface area contributed by atoms with Crippen molar-refractivity contribution in [2.45, 2.75) is 18.8 Å². The molecule has 3 rings (SSSR count). The van der Waals surface area contributed by atoms with Crippen LogP contribution in [0.5, 0.6) is 0 Å². The number of hydrogen-bond donors (Lipinski definition) is 0. The molecule has 1 aliphatic rings. The third-order valence-electron chi connectivity index (χ3n) is 4.14. The van der Waals surface area contributed by atoms with Crippen molar-refractivity contribution in [3.05, 3.63) is 65.8 Å². The molecule has 2 aromatic rings. The molecule has 0 aliphatic carbocycles. The normalized spacial score (nSPS) is 18.1. The summed E-state index contributed by atoms with van der Waals surface area (Å²) < 4.78 is 26.8. The van der Waals surface area contributed by atoms with E-state index >= 15 is 0 Å². The van der Waals surface area contributed by atoms with Crippen molar-refractivity contribution < 1.29 is 13.6 Å². The van der Waals surface area contributed by atoms with E-state index in [1.54, 1.807) is 11.1 Å². The van der Waals surface area contributed by atoms with Crippen molar-refractivity contribution in [2.24, 2.45) is 0 Å². The lowest BCUT2D eigenvalue weighted by Crippen LogP contribution is -2.38. The first-order chi connectivity index (χ1) is 11.6. The highest BCUT2D eigenvalue weighted by atomic mass is 19.2. The summed E-state index contributed by atoms with van der Waals surface area (Å²) in [5, 5.41) is 0. The quantitative estimate of drug-likeness (QED) is 0.813. The summed E-state index contributed by atoms with van der Waals surface area (Å²) in [5.74, 6) is -1.91. The van der Waals surface area contributed by atoms with Crippen LogP contribution in [0.4, 0.5) is 8.78 Å². The number of benzene rings is 1. The lowest BCUT2D eigenvalue weighted by atomic mass is 9.94. The molecule has 1 saturated heterocycles. The number of amides is 1. The van der Waals surface area contributed by atoms with Gasteiger partial charge in [0, 0.05) is 42.5 Å². The Hall–Kier alpha value is -2.63. The lowest BCUT2D eigenvalue weighted by molar-refractivity contribution is -0.127. The number of halogens is 2. The van der Waals surface area contributed by atoms with E-state index in [9.17, 15) is 13.6 Å². The minimum absolute atomic E-state index is 0.0627. The molecule has 1 fully saturated rings. The van der Waals surface area contributed by atoms with E-state index in [0.29, 0.717) is 13.1 Å². The van der Waals surface area contributed by atoms with Crippen LogP contribution in [0.25, 0.3) is 6.08 Å². The summed E-state index contributed by atoms with van der Waals surface area (Å²) in [5.41, 5.74) is 0.982. The topological polar surface area (TPSA) is 46.1 Å². The first kappa shape index (κ1) is 16.2. The van der Waals surface area contributed by atoms with Crippen LogP contribution in [-0.2, 0) is 4.79 Å². The standard InChI is InChI=1S/C18H17F2N3O/c19-15-5-1-3-13(18(15)20)6-7-17(24)23-10-2-4-14(11-23)16-8-9-21-12-22-16/h1,3,5-9,12,14H,2,4,10-11H2/b7-6+. The Labute approximate surface area is 138 Å². The minimum atomic E-state index is -0.945. The maximum Gasteiger partial charge on any atom is 0.246 e. The van der Waals surface area contributed by atoms with Gasteiger partial charge in [-0.15, -0.1) is 0 Å². The molecule has 124 valence electrons. The van der Waals surface area contributed by atoms with Crippen LogP contribution in [0.1, 0.15) is 30.0 Å². The van der Waals surface area contributed by atoms with Gasteiger partial charge in [0.2, 0.25) is 5.91 Å². The number of hydrogen-bond acceptors (Lipinski definition) is 3. The highest BCUT2D eigenvalue weighted by Crippen LogP contribution is 2.25. The van der Waals surface area contributed by atoms with Gasteiger partial charge in [-0.3, -0.25) is 4.79 Å². The summed E-state index contributed by atoms with van der Waals surface area (Å²) in [7, 11) is 0. The van der Waals surface area contributed by atoms with Crippen LogP contribution in [0.2, 0.25) is 0 Å². The molecule has 1 aromatic carbocycles. The molecule has 0 radical (unpaired) electrons. The number of carbonyl (C=O) groups excluding carboxylic acids is 1. The predicted molar refractivity (Wildman–Crippen MR) is 86.0 cm³/mol. The molecular weight excluding hydrogens is 312 g/mol. The monoisotopic (exact) mass is 329 g/mol. The van der Waals surface area contributed by atoms with Crippen molar-refractivity contribution in [3.8, 4) is 0 Å². The molecule has 0 bridgehead atoms. The molecule has 0 saturated carbocycles. The van der Waals surface area contributed by atoms with E-state index in [0.717, 1.165) is 24.6 Å². The largest absolute Gasteiger partial charge is 0.338 e. The van der Waals surface area contributed by atoms with Gasteiger partial charge in [-0.25, -0.2) is 18.7 Å². The van der Waals surface area contributed by atoms with Crippen LogP contribution in [-0.4, -0.2) is 33.9 Å². The second-order valence-corrected chi connectivity index (χ2v) is 5.73. The molecule has 1 aliphatic heterocycles. The van der Waals surface area contributed by atoms with E-state index in [-0.39, 0.29) is 17.4 Å². The van der Waals surface area contributed by atoms with E-state index < -0.39 is 11.6 Å². The van der Waals surface area contributed by atoms with Gasteiger partial charge < -0.3 is 4.90 Å². The minimum Gasteiger partial charge on any atom is -0.338 e. The SMILES string of the molecule is O=C(/C=C/c1cccc(F)c1F)N1CCCC(c2ccncn2)C1. The van der Waals surface area contributed by atoms with Gasteiger partial charge in [0.1, 0.15) is 6.33 Å². The van der Waals surface area contributed by atoms with Crippen molar-refractivity contribution in [1.29, 1.82) is 0 Å². The molecule has 1 atom stereocenters. The second-order valence-electron chi connectivity index (χ2n) is 5.73. The highest BCUT2D eigenvalue weighted by Gasteiger charge is 2.24. The van der Waals surface area contributed by atoms with Crippen molar-refractivity contribution >= 4 is 12.0 Å². The number of rotatable bonds is 3. The van der Waals surface area contributed by atoms with Gasteiger partial charge in [-0.05, 0) is 31.1 Å². The molecule has 24 heavy (non-hydrogen) atoms. The van der Waals surface area contributed by atoms with Gasteiger partial charge in [0.05, 0.1) is 0 Å². The Kier molecular flexibility index (Phi) is 4.93. The molecule has 4 nitrogen and oxygen atoms in total. The zero-order valence-electron chi connectivity index (χ0n) is 13.0. The fourth-order valence-electron chi connectivity index (χ4n) is 2.88. The third kappa shape index (κ3) is 3.64. The Balaban J connectivity index is 1.68. The van der Waals surface area contributed by atoms with E-state index in [4.69, 9.17) is 0 Å².